The van der Waals surface area contributed by atoms with Crippen molar-refractivity contribution < 1.29 is 9.90 Å². The van der Waals surface area contributed by atoms with E-state index in [0.717, 1.165) is 36.0 Å². The topological polar surface area (TPSA) is 52.6 Å². The highest BCUT2D eigenvalue weighted by Gasteiger charge is 2.25. The number of amides is 1. The van der Waals surface area contributed by atoms with Crippen LogP contribution in [0.1, 0.15) is 24.5 Å². The number of halogens is 1. The Hall–Kier alpha value is -0.910. The number of aliphatic hydroxyl groups is 1. The highest BCUT2D eigenvalue weighted by molar-refractivity contribution is 9.10. The Morgan fingerprint density at radius 2 is 2.00 bits per heavy atom. The summed E-state index contributed by atoms with van der Waals surface area (Å²) >= 11 is 3.39. The van der Waals surface area contributed by atoms with Gasteiger partial charge in [-0.25, -0.2) is 0 Å². The monoisotopic (exact) mass is 340 g/mol. The number of likely N-dealkylation sites (tertiary alicyclic amines) is 1. The third-order valence-corrected chi connectivity index (χ3v) is 4.42. The van der Waals surface area contributed by atoms with Crippen LogP contribution in [0.4, 0.5) is 0 Å². The zero-order valence-corrected chi connectivity index (χ0v) is 13.3. The van der Waals surface area contributed by atoms with Gasteiger partial charge in [0.25, 0.3) is 0 Å². The van der Waals surface area contributed by atoms with E-state index in [-0.39, 0.29) is 11.8 Å². The van der Waals surface area contributed by atoms with Crippen LogP contribution in [-0.4, -0.2) is 42.6 Å². The summed E-state index contributed by atoms with van der Waals surface area (Å²) in [7, 11) is 1.69. The van der Waals surface area contributed by atoms with Crippen LogP contribution in [-0.2, 0) is 4.79 Å². The Kier molecular flexibility index (Phi) is 5.57. The summed E-state index contributed by atoms with van der Waals surface area (Å²) in [6.45, 7) is 2.36. The number of piperidine rings is 1. The molecule has 0 radical (unpaired) electrons. The summed E-state index contributed by atoms with van der Waals surface area (Å²) < 4.78 is 1.01. The fourth-order valence-corrected chi connectivity index (χ4v) is 2.88. The number of hydrogen-bond acceptors (Lipinski definition) is 3. The predicted molar refractivity (Wildman–Crippen MR) is 82.3 cm³/mol. The molecule has 0 spiro atoms. The molecule has 4 nitrogen and oxygen atoms in total. The maximum absolute atomic E-state index is 11.6. The molecule has 2 N–H and O–H groups in total. The number of rotatable bonds is 4. The van der Waals surface area contributed by atoms with Gasteiger partial charge in [0, 0.05) is 24.0 Å². The van der Waals surface area contributed by atoms with Gasteiger partial charge >= 0.3 is 0 Å². The van der Waals surface area contributed by atoms with Gasteiger partial charge in [-0.15, -0.1) is 0 Å². The molecular formula is C15H21BrN2O2. The van der Waals surface area contributed by atoms with Gasteiger partial charge < -0.3 is 15.3 Å². The number of benzene rings is 1. The van der Waals surface area contributed by atoms with Crippen LogP contribution in [0.5, 0.6) is 0 Å². The summed E-state index contributed by atoms with van der Waals surface area (Å²) in [6, 6.07) is 7.75. The van der Waals surface area contributed by atoms with E-state index in [4.69, 9.17) is 0 Å². The SMILES string of the molecule is CNC(=O)C1CCN(CC(O)c2ccc(Br)cc2)CC1. The van der Waals surface area contributed by atoms with Crippen LogP contribution in [0.15, 0.2) is 28.7 Å². The first-order chi connectivity index (χ1) is 9.60. The zero-order valence-electron chi connectivity index (χ0n) is 11.7. The first-order valence-corrected chi connectivity index (χ1v) is 7.77. The van der Waals surface area contributed by atoms with Crippen LogP contribution < -0.4 is 5.32 Å². The minimum atomic E-state index is -0.473. The summed E-state index contributed by atoms with van der Waals surface area (Å²) in [5.41, 5.74) is 0.932. The van der Waals surface area contributed by atoms with E-state index >= 15 is 0 Å². The van der Waals surface area contributed by atoms with Crippen molar-refractivity contribution in [2.45, 2.75) is 18.9 Å². The van der Waals surface area contributed by atoms with Gasteiger partial charge in [0.1, 0.15) is 0 Å². The van der Waals surface area contributed by atoms with Gasteiger partial charge in [-0.05, 0) is 43.6 Å². The van der Waals surface area contributed by atoms with E-state index in [2.05, 4.69) is 26.1 Å². The maximum atomic E-state index is 11.6. The third kappa shape index (κ3) is 4.04. The van der Waals surface area contributed by atoms with Crippen LogP contribution in [0, 0.1) is 5.92 Å². The molecule has 1 heterocycles. The number of nitrogens with one attached hydrogen (secondary N) is 1. The van der Waals surface area contributed by atoms with E-state index in [1.165, 1.54) is 0 Å². The Morgan fingerprint density at radius 3 is 2.55 bits per heavy atom. The normalized spacial score (nSPS) is 18.8. The third-order valence-electron chi connectivity index (χ3n) is 3.89. The standard InChI is InChI=1S/C15H21BrN2O2/c1-17-15(20)12-6-8-18(9-7-12)10-14(19)11-2-4-13(16)5-3-11/h2-5,12,14,19H,6-10H2,1H3,(H,17,20). The number of nitrogens with zero attached hydrogens (tertiary/aromatic N) is 1. The smallest absolute Gasteiger partial charge is 0.222 e. The average molecular weight is 341 g/mol. The number of β-amino-alcohol motifs (C(OH)–C–C–N with tert-alkyl or cyclic N) is 1. The molecule has 0 saturated carbocycles. The van der Waals surface area contributed by atoms with Crippen LogP contribution >= 0.6 is 15.9 Å². The second-order valence-electron chi connectivity index (χ2n) is 5.26. The lowest BCUT2D eigenvalue weighted by atomic mass is 9.95. The van der Waals surface area contributed by atoms with Crippen molar-refractivity contribution in [1.82, 2.24) is 10.2 Å². The maximum Gasteiger partial charge on any atom is 0.222 e. The Labute approximate surface area is 128 Å². The predicted octanol–water partition coefficient (Wildman–Crippen LogP) is 1.94. The molecule has 0 aliphatic carbocycles. The van der Waals surface area contributed by atoms with Crippen molar-refractivity contribution in [2.24, 2.45) is 5.92 Å². The van der Waals surface area contributed by atoms with E-state index in [1.54, 1.807) is 7.05 Å². The van der Waals surface area contributed by atoms with Gasteiger partial charge in [-0.1, -0.05) is 28.1 Å². The molecule has 0 aromatic heterocycles. The zero-order chi connectivity index (χ0) is 14.5. The second kappa shape index (κ2) is 7.20. The van der Waals surface area contributed by atoms with E-state index in [0.29, 0.717) is 6.54 Å². The molecule has 1 atom stereocenters. The van der Waals surface area contributed by atoms with Crippen molar-refractivity contribution in [3.8, 4) is 0 Å². The molecule has 1 unspecified atom stereocenters. The molecule has 20 heavy (non-hydrogen) atoms. The minimum absolute atomic E-state index is 0.126. The van der Waals surface area contributed by atoms with Gasteiger partial charge in [0.15, 0.2) is 0 Å². The first kappa shape index (κ1) is 15.5. The molecule has 1 aliphatic rings. The molecule has 1 amide bonds. The molecule has 1 aromatic rings. The average Bonchev–Trinajstić information content (AvgIpc) is 2.48. The number of carbonyl (C=O) groups is 1. The lowest BCUT2D eigenvalue weighted by Gasteiger charge is -2.32. The summed E-state index contributed by atoms with van der Waals surface area (Å²) in [5, 5.41) is 13.0. The fraction of sp³-hybridized carbons (Fsp3) is 0.533. The summed E-state index contributed by atoms with van der Waals surface area (Å²) in [6.07, 6.45) is 1.26. The van der Waals surface area contributed by atoms with Crippen LogP contribution in [0.2, 0.25) is 0 Å². The highest BCUT2D eigenvalue weighted by atomic mass is 79.9. The Morgan fingerprint density at radius 1 is 1.40 bits per heavy atom. The molecule has 110 valence electrons. The molecule has 1 fully saturated rings. The number of aliphatic hydroxyl groups excluding tert-OH is 1. The van der Waals surface area contributed by atoms with Crippen molar-refractivity contribution in [2.75, 3.05) is 26.7 Å². The van der Waals surface area contributed by atoms with E-state index in [9.17, 15) is 9.90 Å². The lowest BCUT2D eigenvalue weighted by Crippen LogP contribution is -2.41. The molecule has 5 heteroatoms. The lowest BCUT2D eigenvalue weighted by molar-refractivity contribution is -0.126. The summed E-state index contributed by atoms with van der Waals surface area (Å²) in [5.74, 6) is 0.263. The second-order valence-corrected chi connectivity index (χ2v) is 6.17. The molecule has 1 saturated heterocycles. The van der Waals surface area contributed by atoms with Crippen LogP contribution in [0.25, 0.3) is 0 Å². The van der Waals surface area contributed by atoms with E-state index in [1.807, 2.05) is 24.3 Å². The molecule has 1 aromatic carbocycles. The minimum Gasteiger partial charge on any atom is -0.387 e. The van der Waals surface area contributed by atoms with Gasteiger partial charge in [0.2, 0.25) is 5.91 Å². The molecular weight excluding hydrogens is 320 g/mol. The highest BCUT2D eigenvalue weighted by Crippen LogP contribution is 2.22. The van der Waals surface area contributed by atoms with E-state index < -0.39 is 6.10 Å². The molecule has 0 bridgehead atoms. The largest absolute Gasteiger partial charge is 0.387 e. The molecule has 1 aliphatic heterocycles. The van der Waals surface area contributed by atoms with Gasteiger partial charge in [0.05, 0.1) is 6.10 Å². The van der Waals surface area contributed by atoms with Crippen LogP contribution in [0.3, 0.4) is 0 Å². The summed E-state index contributed by atoms with van der Waals surface area (Å²) in [4.78, 5) is 13.8. The Bertz CT molecular complexity index is 442. The van der Waals surface area contributed by atoms with Crippen molar-refractivity contribution >= 4 is 21.8 Å². The number of carbonyl (C=O) groups excluding carboxylic acids is 1. The quantitative estimate of drug-likeness (QED) is 0.880. The van der Waals surface area contributed by atoms with Crippen molar-refractivity contribution in [3.05, 3.63) is 34.3 Å². The number of hydrogen-bond donors (Lipinski definition) is 2. The first-order valence-electron chi connectivity index (χ1n) is 6.97. The van der Waals surface area contributed by atoms with Crippen molar-refractivity contribution in [3.63, 3.8) is 0 Å². The van der Waals surface area contributed by atoms with Crippen molar-refractivity contribution in [1.29, 1.82) is 0 Å². The fourth-order valence-electron chi connectivity index (χ4n) is 2.62. The van der Waals surface area contributed by atoms with Gasteiger partial charge in [-0.2, -0.15) is 0 Å². The van der Waals surface area contributed by atoms with Gasteiger partial charge in [-0.3, -0.25) is 4.79 Å². The molecule has 2 rings (SSSR count). The Balaban J connectivity index is 1.83.